The normalized spacial score (nSPS) is 13.5. The van der Waals surface area contributed by atoms with Crippen molar-refractivity contribution in [2.75, 3.05) is 0 Å². The number of hydrogen-bond donors (Lipinski definition) is 1. The first kappa shape index (κ1) is 15.5. The van der Waals surface area contributed by atoms with Crippen molar-refractivity contribution < 1.29 is 18.3 Å². The third kappa shape index (κ3) is 3.24. The molecule has 1 atom stereocenters. The number of rotatable bonds is 3. The molecule has 108 valence electrons. The summed E-state index contributed by atoms with van der Waals surface area (Å²) in [5.74, 6) is 0. The van der Waals surface area contributed by atoms with Crippen LogP contribution >= 0.6 is 27.3 Å². The van der Waals surface area contributed by atoms with Crippen LogP contribution in [0.5, 0.6) is 0 Å². The molecule has 0 radical (unpaired) electrons. The number of aliphatic hydroxyl groups excluding tert-OH is 1. The maximum atomic E-state index is 12.7. The maximum Gasteiger partial charge on any atom is 0.416 e. The Morgan fingerprint density at radius 2 is 1.95 bits per heavy atom. The minimum Gasteiger partial charge on any atom is -0.383 e. The SMILES string of the molecule is CCc1ccc(C(O)c2cc(C(F)(F)F)ccc2Br)s1. The minimum atomic E-state index is -4.42. The van der Waals surface area contributed by atoms with Gasteiger partial charge in [-0.3, -0.25) is 0 Å². The van der Waals surface area contributed by atoms with E-state index < -0.39 is 17.8 Å². The van der Waals surface area contributed by atoms with Crippen LogP contribution in [0.4, 0.5) is 13.2 Å². The number of aryl methyl sites for hydroxylation is 1. The number of hydrogen-bond acceptors (Lipinski definition) is 2. The first-order chi connectivity index (χ1) is 9.32. The van der Waals surface area contributed by atoms with E-state index in [0.717, 1.165) is 23.4 Å². The average molecular weight is 365 g/mol. The van der Waals surface area contributed by atoms with Crippen molar-refractivity contribution in [3.05, 3.63) is 55.7 Å². The third-order valence-electron chi connectivity index (χ3n) is 2.92. The van der Waals surface area contributed by atoms with Gasteiger partial charge in [-0.25, -0.2) is 0 Å². The molecular weight excluding hydrogens is 353 g/mol. The van der Waals surface area contributed by atoms with Crippen LogP contribution in [0, 0.1) is 0 Å². The van der Waals surface area contributed by atoms with Crippen molar-refractivity contribution >= 4 is 27.3 Å². The third-order valence-corrected chi connectivity index (χ3v) is 4.92. The van der Waals surface area contributed by atoms with Gasteiger partial charge in [-0.1, -0.05) is 22.9 Å². The molecule has 1 heterocycles. The van der Waals surface area contributed by atoms with Gasteiger partial charge in [0, 0.05) is 19.8 Å². The number of alkyl halides is 3. The molecule has 1 nitrogen and oxygen atoms in total. The highest BCUT2D eigenvalue weighted by Crippen LogP contribution is 2.37. The molecule has 0 aliphatic rings. The zero-order valence-corrected chi connectivity index (χ0v) is 12.9. The molecule has 1 aromatic heterocycles. The molecule has 0 aliphatic carbocycles. The van der Waals surface area contributed by atoms with Gasteiger partial charge in [-0.15, -0.1) is 11.3 Å². The highest BCUT2D eigenvalue weighted by molar-refractivity contribution is 9.10. The Bertz CT molecular complexity index is 607. The van der Waals surface area contributed by atoms with E-state index in [-0.39, 0.29) is 5.56 Å². The van der Waals surface area contributed by atoms with Crippen LogP contribution in [-0.2, 0) is 12.6 Å². The predicted octanol–water partition coefficient (Wildman–Crippen LogP) is 5.17. The van der Waals surface area contributed by atoms with Crippen LogP contribution in [0.1, 0.15) is 33.9 Å². The molecule has 0 amide bonds. The molecule has 20 heavy (non-hydrogen) atoms. The molecule has 0 fully saturated rings. The van der Waals surface area contributed by atoms with Crippen LogP contribution in [0.3, 0.4) is 0 Å². The van der Waals surface area contributed by atoms with Gasteiger partial charge < -0.3 is 5.11 Å². The van der Waals surface area contributed by atoms with Gasteiger partial charge in [0.1, 0.15) is 6.10 Å². The zero-order chi connectivity index (χ0) is 14.9. The second-order valence-electron chi connectivity index (χ2n) is 4.29. The monoisotopic (exact) mass is 364 g/mol. The van der Waals surface area contributed by atoms with E-state index in [1.54, 1.807) is 6.07 Å². The summed E-state index contributed by atoms with van der Waals surface area (Å²) in [5.41, 5.74) is -0.536. The van der Waals surface area contributed by atoms with E-state index in [4.69, 9.17) is 0 Å². The van der Waals surface area contributed by atoms with Crippen molar-refractivity contribution in [1.82, 2.24) is 0 Å². The van der Waals surface area contributed by atoms with Crippen molar-refractivity contribution in [2.24, 2.45) is 0 Å². The number of benzene rings is 1. The lowest BCUT2D eigenvalue weighted by molar-refractivity contribution is -0.137. The summed E-state index contributed by atoms with van der Waals surface area (Å²) in [6, 6.07) is 6.92. The molecule has 1 aromatic carbocycles. The van der Waals surface area contributed by atoms with Crippen LogP contribution in [-0.4, -0.2) is 5.11 Å². The summed E-state index contributed by atoms with van der Waals surface area (Å²) in [6.07, 6.45) is -4.64. The summed E-state index contributed by atoms with van der Waals surface area (Å²) in [5, 5.41) is 10.3. The Balaban J connectivity index is 2.40. The van der Waals surface area contributed by atoms with E-state index in [1.165, 1.54) is 17.4 Å². The Morgan fingerprint density at radius 3 is 2.50 bits per heavy atom. The summed E-state index contributed by atoms with van der Waals surface area (Å²) < 4.78 is 38.7. The highest BCUT2D eigenvalue weighted by atomic mass is 79.9. The van der Waals surface area contributed by atoms with Crippen LogP contribution < -0.4 is 0 Å². The fraction of sp³-hybridized carbons (Fsp3) is 0.286. The van der Waals surface area contributed by atoms with E-state index in [1.807, 2.05) is 13.0 Å². The molecule has 0 aliphatic heterocycles. The van der Waals surface area contributed by atoms with E-state index in [9.17, 15) is 18.3 Å². The lowest BCUT2D eigenvalue weighted by atomic mass is 10.0. The predicted molar refractivity (Wildman–Crippen MR) is 76.9 cm³/mol. The highest BCUT2D eigenvalue weighted by Gasteiger charge is 2.31. The largest absolute Gasteiger partial charge is 0.416 e. The van der Waals surface area contributed by atoms with Crippen molar-refractivity contribution in [3.8, 4) is 0 Å². The number of halogens is 4. The zero-order valence-electron chi connectivity index (χ0n) is 10.5. The number of thiophene rings is 1. The number of aliphatic hydroxyl groups is 1. The van der Waals surface area contributed by atoms with E-state index in [0.29, 0.717) is 9.35 Å². The van der Waals surface area contributed by atoms with Gasteiger partial charge >= 0.3 is 6.18 Å². The molecule has 0 saturated heterocycles. The van der Waals surface area contributed by atoms with Gasteiger partial charge in [0.05, 0.1) is 5.56 Å². The van der Waals surface area contributed by atoms with Crippen LogP contribution in [0.25, 0.3) is 0 Å². The Hall–Kier alpha value is -0.850. The van der Waals surface area contributed by atoms with Crippen molar-refractivity contribution in [1.29, 1.82) is 0 Å². The summed E-state index contributed by atoms with van der Waals surface area (Å²) in [7, 11) is 0. The van der Waals surface area contributed by atoms with Gasteiger partial charge in [0.2, 0.25) is 0 Å². The molecule has 2 aromatic rings. The quantitative estimate of drug-likeness (QED) is 0.795. The van der Waals surface area contributed by atoms with Crippen LogP contribution in [0.2, 0.25) is 0 Å². The molecule has 0 spiro atoms. The minimum absolute atomic E-state index is 0.226. The molecule has 6 heteroatoms. The second-order valence-corrected chi connectivity index (χ2v) is 6.35. The average Bonchev–Trinajstić information content (AvgIpc) is 2.86. The standard InChI is InChI=1S/C14H12BrF3OS/c1-2-9-4-6-12(20-9)13(19)10-7-8(14(16,17)18)3-5-11(10)15/h3-7,13,19H,2H2,1H3. The first-order valence-corrected chi connectivity index (χ1v) is 7.57. The van der Waals surface area contributed by atoms with Gasteiger partial charge in [-0.05, 0) is 36.8 Å². The van der Waals surface area contributed by atoms with Gasteiger partial charge in [0.15, 0.2) is 0 Å². The Labute approximate surface area is 127 Å². The topological polar surface area (TPSA) is 20.2 Å². The van der Waals surface area contributed by atoms with E-state index >= 15 is 0 Å². The molecular formula is C14H12BrF3OS. The maximum absolute atomic E-state index is 12.7. The molecule has 2 rings (SSSR count). The first-order valence-electron chi connectivity index (χ1n) is 5.96. The molecule has 0 bridgehead atoms. The second kappa shape index (κ2) is 5.87. The van der Waals surface area contributed by atoms with Crippen LogP contribution in [0.15, 0.2) is 34.8 Å². The smallest absolute Gasteiger partial charge is 0.383 e. The Morgan fingerprint density at radius 1 is 1.25 bits per heavy atom. The lowest BCUT2D eigenvalue weighted by Gasteiger charge is -2.14. The molecule has 1 N–H and O–H groups in total. The van der Waals surface area contributed by atoms with E-state index in [2.05, 4.69) is 15.9 Å². The summed E-state index contributed by atoms with van der Waals surface area (Å²) >= 11 is 4.60. The summed E-state index contributed by atoms with van der Waals surface area (Å²) in [4.78, 5) is 1.73. The Kier molecular flexibility index (Phi) is 4.56. The van der Waals surface area contributed by atoms with Gasteiger partial charge in [-0.2, -0.15) is 13.2 Å². The van der Waals surface area contributed by atoms with Crippen molar-refractivity contribution in [3.63, 3.8) is 0 Å². The molecule has 0 saturated carbocycles. The molecule has 1 unspecified atom stereocenters. The lowest BCUT2D eigenvalue weighted by Crippen LogP contribution is -2.07. The van der Waals surface area contributed by atoms with Crippen molar-refractivity contribution in [2.45, 2.75) is 25.6 Å². The summed E-state index contributed by atoms with van der Waals surface area (Å²) in [6.45, 7) is 1.99. The van der Waals surface area contributed by atoms with Gasteiger partial charge in [0.25, 0.3) is 0 Å². The fourth-order valence-corrected chi connectivity index (χ4v) is 3.24. The fourth-order valence-electron chi connectivity index (χ4n) is 1.81.